The fourth-order valence-corrected chi connectivity index (χ4v) is 2.46. The molecule has 0 aliphatic heterocycles. The van der Waals surface area contributed by atoms with E-state index in [1.54, 1.807) is 0 Å². The molecule has 112 valence electrons. The zero-order valence-corrected chi connectivity index (χ0v) is 13.7. The molecule has 0 amide bonds. The van der Waals surface area contributed by atoms with Crippen LogP contribution in [-0.2, 0) is 6.54 Å². The monoisotopic (exact) mass is 347 g/mol. The molecule has 0 saturated carbocycles. The predicted molar refractivity (Wildman–Crippen MR) is 93.6 cm³/mol. The Bertz CT molecular complexity index is 513. The molecule has 0 aromatic heterocycles. The van der Waals surface area contributed by atoms with Gasteiger partial charge in [-0.25, -0.2) is 0 Å². The first-order chi connectivity index (χ1) is 10.3. The first-order valence-corrected chi connectivity index (χ1v) is 8.04. The van der Waals surface area contributed by atoms with Crippen molar-refractivity contribution in [2.75, 3.05) is 31.1 Å². The Morgan fingerprint density at radius 2 is 1.67 bits per heavy atom. The van der Waals surface area contributed by atoms with E-state index in [0.29, 0.717) is 6.54 Å². The van der Waals surface area contributed by atoms with Crippen LogP contribution in [0.25, 0.3) is 0 Å². The van der Waals surface area contributed by atoms with Crippen molar-refractivity contribution in [3.8, 4) is 0 Å². The Balaban J connectivity index is 2.04. The topological polar surface area (TPSA) is 41.3 Å². The highest BCUT2D eigenvalue weighted by molar-refractivity contribution is 9.10. The van der Waals surface area contributed by atoms with Crippen molar-refractivity contribution in [2.45, 2.75) is 6.54 Å². The third-order valence-electron chi connectivity index (χ3n) is 3.29. The van der Waals surface area contributed by atoms with Gasteiger partial charge in [-0.15, -0.1) is 0 Å². The Morgan fingerprint density at radius 3 is 2.33 bits per heavy atom. The van der Waals surface area contributed by atoms with E-state index in [4.69, 9.17) is 5.73 Å². The Morgan fingerprint density at radius 1 is 0.952 bits per heavy atom. The molecule has 0 atom stereocenters. The summed E-state index contributed by atoms with van der Waals surface area (Å²) in [7, 11) is 0. The van der Waals surface area contributed by atoms with E-state index in [0.717, 1.165) is 30.7 Å². The van der Waals surface area contributed by atoms with E-state index < -0.39 is 0 Å². The third kappa shape index (κ3) is 5.50. The molecular formula is C17H22BrN3. The normalized spacial score (nSPS) is 10.6. The predicted octanol–water partition coefficient (Wildman–Crippen LogP) is 3.00. The Kier molecular flexibility index (Phi) is 6.73. The van der Waals surface area contributed by atoms with Crippen LogP contribution in [0.3, 0.4) is 0 Å². The summed E-state index contributed by atoms with van der Waals surface area (Å²) in [5.41, 5.74) is 8.07. The number of hydrogen-bond acceptors (Lipinski definition) is 3. The van der Waals surface area contributed by atoms with Crippen molar-refractivity contribution >= 4 is 21.6 Å². The lowest BCUT2D eigenvalue weighted by Crippen LogP contribution is -2.33. The summed E-state index contributed by atoms with van der Waals surface area (Å²) in [6, 6.07) is 19.0. The fraction of sp³-hybridized carbons (Fsp3) is 0.294. The third-order valence-corrected chi connectivity index (χ3v) is 3.82. The van der Waals surface area contributed by atoms with E-state index in [1.165, 1.54) is 11.3 Å². The number of anilines is 1. The molecule has 2 aromatic rings. The molecule has 0 aliphatic carbocycles. The van der Waals surface area contributed by atoms with Crippen LogP contribution in [0.15, 0.2) is 59.1 Å². The number of nitrogens with one attached hydrogen (secondary N) is 1. The number of rotatable bonds is 8. The minimum Gasteiger partial charge on any atom is -0.366 e. The van der Waals surface area contributed by atoms with Gasteiger partial charge in [0.1, 0.15) is 0 Å². The van der Waals surface area contributed by atoms with Crippen LogP contribution < -0.4 is 16.0 Å². The van der Waals surface area contributed by atoms with Crippen molar-refractivity contribution in [2.24, 2.45) is 5.73 Å². The standard InChI is InChI=1S/C17H22BrN3/c18-16-6-8-17(9-7-16)21(13-12-20-11-10-19)14-15-4-2-1-3-5-15/h1-9,20H,10-14,19H2. The maximum atomic E-state index is 5.52. The van der Waals surface area contributed by atoms with Crippen molar-refractivity contribution in [1.82, 2.24) is 5.32 Å². The lowest BCUT2D eigenvalue weighted by atomic mass is 10.2. The van der Waals surface area contributed by atoms with E-state index >= 15 is 0 Å². The summed E-state index contributed by atoms with van der Waals surface area (Å²) in [5.74, 6) is 0. The summed E-state index contributed by atoms with van der Waals surface area (Å²) in [5, 5.41) is 3.36. The molecule has 0 radical (unpaired) electrons. The van der Waals surface area contributed by atoms with Gasteiger partial charge in [-0.1, -0.05) is 46.3 Å². The summed E-state index contributed by atoms with van der Waals surface area (Å²) in [6.45, 7) is 4.33. The van der Waals surface area contributed by atoms with Crippen molar-refractivity contribution in [1.29, 1.82) is 0 Å². The smallest absolute Gasteiger partial charge is 0.0430 e. The molecule has 0 heterocycles. The molecule has 21 heavy (non-hydrogen) atoms. The summed E-state index contributed by atoms with van der Waals surface area (Å²) in [6.07, 6.45) is 0. The SMILES string of the molecule is NCCNCCN(Cc1ccccc1)c1ccc(Br)cc1. The lowest BCUT2D eigenvalue weighted by molar-refractivity contribution is 0.661. The van der Waals surface area contributed by atoms with Crippen LogP contribution in [0.4, 0.5) is 5.69 Å². The van der Waals surface area contributed by atoms with E-state index in [2.05, 4.69) is 80.7 Å². The molecule has 4 heteroatoms. The Labute approximate surface area is 135 Å². The van der Waals surface area contributed by atoms with Gasteiger partial charge in [-0.3, -0.25) is 0 Å². The van der Waals surface area contributed by atoms with E-state index in [9.17, 15) is 0 Å². The van der Waals surface area contributed by atoms with Gasteiger partial charge in [0.2, 0.25) is 0 Å². The average molecular weight is 348 g/mol. The molecule has 0 spiro atoms. The molecule has 2 rings (SSSR count). The minimum absolute atomic E-state index is 0.678. The van der Waals surface area contributed by atoms with Gasteiger partial charge >= 0.3 is 0 Å². The van der Waals surface area contributed by atoms with Gasteiger partial charge in [-0.05, 0) is 29.8 Å². The highest BCUT2D eigenvalue weighted by atomic mass is 79.9. The number of hydrogen-bond donors (Lipinski definition) is 2. The summed E-state index contributed by atoms with van der Waals surface area (Å²) in [4.78, 5) is 2.38. The van der Waals surface area contributed by atoms with E-state index in [-0.39, 0.29) is 0 Å². The van der Waals surface area contributed by atoms with Gasteiger partial charge in [0.05, 0.1) is 0 Å². The highest BCUT2D eigenvalue weighted by Crippen LogP contribution is 2.20. The molecule has 3 N–H and O–H groups in total. The van der Waals surface area contributed by atoms with Crippen molar-refractivity contribution in [3.63, 3.8) is 0 Å². The first kappa shape index (κ1) is 16.0. The maximum Gasteiger partial charge on any atom is 0.0430 e. The molecule has 0 unspecified atom stereocenters. The van der Waals surface area contributed by atoms with Crippen molar-refractivity contribution in [3.05, 3.63) is 64.6 Å². The summed E-state index contributed by atoms with van der Waals surface area (Å²) < 4.78 is 1.10. The molecule has 0 fully saturated rings. The minimum atomic E-state index is 0.678. The quantitative estimate of drug-likeness (QED) is 0.721. The van der Waals surface area contributed by atoms with Gasteiger partial charge in [-0.2, -0.15) is 0 Å². The zero-order chi connectivity index (χ0) is 14.9. The van der Waals surface area contributed by atoms with Crippen LogP contribution in [0, 0.1) is 0 Å². The average Bonchev–Trinajstić information content (AvgIpc) is 2.52. The van der Waals surface area contributed by atoms with E-state index in [1.807, 2.05) is 0 Å². The molecule has 2 aromatic carbocycles. The van der Waals surface area contributed by atoms with Crippen molar-refractivity contribution < 1.29 is 0 Å². The van der Waals surface area contributed by atoms with Crippen LogP contribution >= 0.6 is 15.9 Å². The van der Waals surface area contributed by atoms with Gasteiger partial charge in [0, 0.05) is 42.9 Å². The molecular weight excluding hydrogens is 326 g/mol. The van der Waals surface area contributed by atoms with Crippen LogP contribution in [-0.4, -0.2) is 26.2 Å². The number of nitrogens with zero attached hydrogens (tertiary/aromatic N) is 1. The second-order valence-corrected chi connectivity index (χ2v) is 5.84. The van der Waals surface area contributed by atoms with Gasteiger partial charge in [0.15, 0.2) is 0 Å². The van der Waals surface area contributed by atoms with Gasteiger partial charge in [0.25, 0.3) is 0 Å². The second kappa shape index (κ2) is 8.82. The number of benzene rings is 2. The van der Waals surface area contributed by atoms with Crippen LogP contribution in [0.2, 0.25) is 0 Å². The van der Waals surface area contributed by atoms with Crippen LogP contribution in [0.5, 0.6) is 0 Å². The van der Waals surface area contributed by atoms with Crippen LogP contribution in [0.1, 0.15) is 5.56 Å². The number of halogens is 1. The molecule has 0 bridgehead atoms. The fourth-order valence-electron chi connectivity index (χ4n) is 2.20. The lowest BCUT2D eigenvalue weighted by Gasteiger charge is -2.25. The highest BCUT2D eigenvalue weighted by Gasteiger charge is 2.07. The second-order valence-electron chi connectivity index (χ2n) is 4.92. The maximum absolute atomic E-state index is 5.52. The zero-order valence-electron chi connectivity index (χ0n) is 12.1. The molecule has 0 saturated heterocycles. The first-order valence-electron chi connectivity index (χ1n) is 7.25. The molecule has 3 nitrogen and oxygen atoms in total. The Hall–Kier alpha value is -1.36. The summed E-state index contributed by atoms with van der Waals surface area (Å²) >= 11 is 3.49. The number of nitrogens with two attached hydrogens (primary N) is 1. The largest absolute Gasteiger partial charge is 0.366 e. The molecule has 0 aliphatic rings. The van der Waals surface area contributed by atoms with Gasteiger partial charge < -0.3 is 16.0 Å².